The largest absolute Gasteiger partial charge is 0.467 e. The first-order chi connectivity index (χ1) is 11.2. The monoisotopic (exact) mass is 346 g/mol. The lowest BCUT2D eigenvalue weighted by atomic mass is 9.97. The van der Waals surface area contributed by atoms with Gasteiger partial charge in [0.25, 0.3) is 0 Å². The van der Waals surface area contributed by atoms with Crippen molar-refractivity contribution in [1.82, 2.24) is 0 Å². The Balaban J connectivity index is 3.46. The third-order valence-corrected chi connectivity index (χ3v) is 3.80. The van der Waals surface area contributed by atoms with E-state index in [1.807, 2.05) is 20.8 Å². The zero-order valence-corrected chi connectivity index (χ0v) is 15.5. The minimum atomic E-state index is -1.45. The summed E-state index contributed by atoms with van der Waals surface area (Å²) in [6, 6.07) is 0. The van der Waals surface area contributed by atoms with Gasteiger partial charge in [-0.3, -0.25) is 4.79 Å². The van der Waals surface area contributed by atoms with Crippen molar-refractivity contribution in [2.24, 2.45) is 5.41 Å². The highest BCUT2D eigenvalue weighted by Crippen LogP contribution is 2.16. The second kappa shape index (κ2) is 12.3. The molecule has 0 aromatic carbocycles. The minimum Gasteiger partial charge on any atom is -0.467 e. The smallest absolute Gasteiger partial charge is 0.337 e. The molecule has 24 heavy (non-hydrogen) atoms. The number of aliphatic hydroxyl groups excluding tert-OH is 2. The highest BCUT2D eigenvalue weighted by molar-refractivity contribution is 5.75. The molecular weight excluding hydrogens is 312 g/mol. The van der Waals surface area contributed by atoms with Gasteiger partial charge >= 0.3 is 11.9 Å². The van der Waals surface area contributed by atoms with Gasteiger partial charge in [0.2, 0.25) is 0 Å². The molecule has 0 fully saturated rings. The summed E-state index contributed by atoms with van der Waals surface area (Å²) in [4.78, 5) is 22.6. The number of carbonyl (C=O) groups excluding carboxylic acids is 2. The molecule has 2 atom stereocenters. The highest BCUT2D eigenvalue weighted by atomic mass is 16.5. The molecule has 0 saturated heterocycles. The van der Waals surface area contributed by atoms with Gasteiger partial charge in [-0.1, -0.05) is 38.5 Å². The number of ether oxygens (including phenoxy) is 2. The number of aliphatic hydroxyl groups is 2. The van der Waals surface area contributed by atoms with Gasteiger partial charge in [-0.15, -0.1) is 0 Å². The van der Waals surface area contributed by atoms with E-state index in [-0.39, 0.29) is 5.97 Å². The van der Waals surface area contributed by atoms with Crippen LogP contribution < -0.4 is 0 Å². The van der Waals surface area contributed by atoms with Crippen LogP contribution in [0.5, 0.6) is 0 Å². The van der Waals surface area contributed by atoms with E-state index >= 15 is 0 Å². The number of rotatable bonds is 12. The Morgan fingerprint density at radius 3 is 1.92 bits per heavy atom. The van der Waals surface area contributed by atoms with Gasteiger partial charge in [-0.05, 0) is 33.6 Å². The normalized spacial score (nSPS) is 14.1. The van der Waals surface area contributed by atoms with Gasteiger partial charge in [0.1, 0.15) is 0 Å². The molecule has 0 aliphatic carbocycles. The van der Waals surface area contributed by atoms with Gasteiger partial charge in [0, 0.05) is 0 Å². The molecule has 0 rings (SSSR count). The fraction of sp³-hybridized carbons (Fsp3) is 0.889. The van der Waals surface area contributed by atoms with Crippen molar-refractivity contribution in [3.63, 3.8) is 0 Å². The van der Waals surface area contributed by atoms with Gasteiger partial charge in [-0.25, -0.2) is 4.79 Å². The molecule has 0 spiro atoms. The van der Waals surface area contributed by atoms with E-state index in [9.17, 15) is 19.8 Å². The minimum absolute atomic E-state index is 0.157. The van der Waals surface area contributed by atoms with Crippen LogP contribution in [0.1, 0.15) is 72.1 Å². The Bertz CT molecular complexity index is 361. The van der Waals surface area contributed by atoms with Crippen LogP contribution >= 0.6 is 0 Å². The zero-order valence-electron chi connectivity index (χ0n) is 15.5. The fourth-order valence-corrected chi connectivity index (χ4v) is 2.16. The molecule has 142 valence electrons. The molecule has 6 heteroatoms. The summed E-state index contributed by atoms with van der Waals surface area (Å²) in [5.74, 6) is -0.954. The number of esters is 2. The predicted octanol–water partition coefficient (Wildman–Crippen LogP) is 2.59. The molecule has 6 nitrogen and oxygen atoms in total. The topological polar surface area (TPSA) is 93.1 Å². The van der Waals surface area contributed by atoms with E-state index in [0.717, 1.165) is 44.9 Å². The molecule has 0 saturated carbocycles. The van der Waals surface area contributed by atoms with Crippen molar-refractivity contribution >= 4 is 11.9 Å². The Morgan fingerprint density at radius 2 is 1.42 bits per heavy atom. The van der Waals surface area contributed by atoms with Crippen LogP contribution in [-0.2, 0) is 19.1 Å². The first-order valence-corrected chi connectivity index (χ1v) is 8.81. The van der Waals surface area contributed by atoms with Crippen LogP contribution in [0, 0.1) is 5.41 Å². The maximum absolute atomic E-state index is 11.5. The number of hydrogen-bond acceptors (Lipinski definition) is 6. The third kappa shape index (κ3) is 10.6. The molecule has 0 heterocycles. The van der Waals surface area contributed by atoms with Crippen LogP contribution in [0.3, 0.4) is 0 Å². The Labute approximate surface area is 145 Å². The van der Waals surface area contributed by atoms with Crippen molar-refractivity contribution in [3.05, 3.63) is 0 Å². The van der Waals surface area contributed by atoms with E-state index < -0.39 is 23.6 Å². The Morgan fingerprint density at radius 1 is 0.917 bits per heavy atom. The number of unbranched alkanes of at least 4 members (excludes halogenated alkanes) is 6. The SMILES string of the molecule is COC(=O)[C@@H](O)[C@H](O)CCCCCCCCCOC(=O)C(C)(C)C. The number of hydrogen-bond donors (Lipinski definition) is 2. The second-order valence-corrected chi connectivity index (χ2v) is 7.18. The van der Waals surface area contributed by atoms with Crippen molar-refractivity contribution < 1.29 is 29.3 Å². The first-order valence-electron chi connectivity index (χ1n) is 8.81. The Kier molecular flexibility index (Phi) is 11.7. The summed E-state index contributed by atoms with van der Waals surface area (Å²) in [6.07, 6.45) is 4.71. The number of carbonyl (C=O) groups is 2. The highest BCUT2D eigenvalue weighted by Gasteiger charge is 2.24. The van der Waals surface area contributed by atoms with Gasteiger partial charge < -0.3 is 19.7 Å². The van der Waals surface area contributed by atoms with Crippen LogP contribution in [0.4, 0.5) is 0 Å². The zero-order chi connectivity index (χ0) is 18.6. The van der Waals surface area contributed by atoms with Crippen LogP contribution in [0.2, 0.25) is 0 Å². The molecule has 2 N–H and O–H groups in total. The molecule has 0 aliphatic heterocycles. The maximum atomic E-state index is 11.5. The lowest BCUT2D eigenvalue weighted by Gasteiger charge is -2.16. The van der Waals surface area contributed by atoms with Gasteiger partial charge in [0.05, 0.1) is 25.2 Å². The average molecular weight is 346 g/mol. The summed E-state index contributed by atoms with van der Waals surface area (Å²) in [7, 11) is 1.18. The molecule has 0 aromatic rings. The fourth-order valence-electron chi connectivity index (χ4n) is 2.16. The summed E-state index contributed by atoms with van der Waals surface area (Å²) in [5.41, 5.74) is -0.438. The van der Waals surface area contributed by atoms with Crippen LogP contribution in [0.25, 0.3) is 0 Å². The first kappa shape index (κ1) is 22.9. The average Bonchev–Trinajstić information content (AvgIpc) is 2.53. The quantitative estimate of drug-likeness (QED) is 0.417. The van der Waals surface area contributed by atoms with Crippen LogP contribution in [0.15, 0.2) is 0 Å². The molecule has 0 amide bonds. The predicted molar refractivity (Wildman–Crippen MR) is 91.4 cm³/mol. The summed E-state index contributed by atoms with van der Waals surface area (Å²) < 4.78 is 9.58. The molecule has 0 bridgehead atoms. The van der Waals surface area contributed by atoms with E-state index in [1.165, 1.54) is 7.11 Å². The molecule has 0 unspecified atom stereocenters. The molecule has 0 aliphatic rings. The summed E-state index contributed by atoms with van der Waals surface area (Å²) >= 11 is 0. The van der Waals surface area contributed by atoms with Crippen molar-refractivity contribution in [2.45, 2.75) is 84.3 Å². The van der Waals surface area contributed by atoms with E-state index in [1.54, 1.807) is 0 Å². The van der Waals surface area contributed by atoms with Gasteiger partial charge in [-0.2, -0.15) is 0 Å². The summed E-state index contributed by atoms with van der Waals surface area (Å²) in [5, 5.41) is 19.1. The van der Waals surface area contributed by atoms with E-state index in [4.69, 9.17) is 4.74 Å². The van der Waals surface area contributed by atoms with E-state index in [2.05, 4.69) is 4.74 Å². The third-order valence-electron chi connectivity index (χ3n) is 3.80. The molecule has 0 aromatic heterocycles. The van der Waals surface area contributed by atoms with Crippen LogP contribution in [-0.4, -0.2) is 48.1 Å². The van der Waals surface area contributed by atoms with Gasteiger partial charge in [0.15, 0.2) is 6.10 Å². The standard InChI is InChI=1S/C18H34O6/c1-18(2,3)17(22)24-13-11-9-7-5-6-8-10-12-14(19)15(20)16(21)23-4/h14-15,19-20H,5-13H2,1-4H3/t14-,15+/m1/s1. The lowest BCUT2D eigenvalue weighted by molar-refractivity contribution is -0.156. The van der Waals surface area contributed by atoms with E-state index in [0.29, 0.717) is 13.0 Å². The van der Waals surface area contributed by atoms with Crippen molar-refractivity contribution in [2.75, 3.05) is 13.7 Å². The molecule has 0 radical (unpaired) electrons. The van der Waals surface area contributed by atoms with Crippen molar-refractivity contribution in [3.8, 4) is 0 Å². The second-order valence-electron chi connectivity index (χ2n) is 7.18. The summed E-state index contributed by atoms with van der Waals surface area (Å²) in [6.45, 7) is 6.01. The Hall–Kier alpha value is -1.14. The lowest BCUT2D eigenvalue weighted by Crippen LogP contribution is -2.34. The molecular formula is C18H34O6. The van der Waals surface area contributed by atoms with Crippen molar-refractivity contribution in [1.29, 1.82) is 0 Å². The number of methoxy groups -OCH3 is 1. The maximum Gasteiger partial charge on any atom is 0.337 e.